The number of hydrogen-bond donors (Lipinski definition) is 0. The molecule has 0 saturated carbocycles. The molecule has 0 aliphatic rings. The summed E-state index contributed by atoms with van der Waals surface area (Å²) in [6, 6.07) is 6.67. The van der Waals surface area contributed by atoms with Gasteiger partial charge >= 0.3 is 0 Å². The Bertz CT molecular complexity index is 246. The second-order valence-corrected chi connectivity index (χ2v) is 4.07. The maximum Gasteiger partial charge on any atom is 0.123 e. The third kappa shape index (κ3) is 3.01. The van der Waals surface area contributed by atoms with Gasteiger partial charge in [0.2, 0.25) is 0 Å². The molecule has 0 N–H and O–H groups in total. The molecule has 0 amide bonds. The van der Waals surface area contributed by atoms with Crippen molar-refractivity contribution in [3.63, 3.8) is 0 Å². The Kier molecular flexibility index (Phi) is 2.48. The Morgan fingerprint density at radius 1 is 1.08 bits per heavy atom. The first-order valence-corrected chi connectivity index (χ1v) is 4.02. The van der Waals surface area contributed by atoms with Gasteiger partial charge in [-0.2, -0.15) is 0 Å². The molecule has 0 radical (unpaired) electrons. The van der Waals surface area contributed by atoms with Gasteiger partial charge < -0.3 is 4.48 Å². The fourth-order valence-electron chi connectivity index (χ4n) is 1.14. The van der Waals surface area contributed by atoms with Crippen LogP contribution in [0.4, 0.5) is 4.39 Å². The number of halogens is 1. The van der Waals surface area contributed by atoms with Crippen molar-refractivity contribution in [2.45, 2.75) is 6.54 Å². The summed E-state index contributed by atoms with van der Waals surface area (Å²) in [5, 5.41) is 0. The lowest BCUT2D eigenvalue weighted by atomic mass is 10.2. The van der Waals surface area contributed by atoms with Crippen molar-refractivity contribution >= 4 is 0 Å². The van der Waals surface area contributed by atoms with E-state index in [9.17, 15) is 4.39 Å². The van der Waals surface area contributed by atoms with Crippen LogP contribution in [0.2, 0.25) is 0 Å². The number of rotatable bonds is 2. The first-order chi connectivity index (χ1) is 5.47. The van der Waals surface area contributed by atoms with Crippen LogP contribution in [0.1, 0.15) is 5.56 Å². The number of hydrogen-bond acceptors (Lipinski definition) is 0. The highest BCUT2D eigenvalue weighted by Crippen LogP contribution is 2.07. The van der Waals surface area contributed by atoms with Gasteiger partial charge in [-0.1, -0.05) is 12.1 Å². The van der Waals surface area contributed by atoms with Crippen molar-refractivity contribution in [3.8, 4) is 0 Å². The van der Waals surface area contributed by atoms with Gasteiger partial charge in [0.15, 0.2) is 0 Å². The number of quaternary nitrogens is 1. The fraction of sp³-hybridized carbons (Fsp3) is 0.400. The van der Waals surface area contributed by atoms with Crippen LogP contribution in [0.3, 0.4) is 0 Å². The van der Waals surface area contributed by atoms with E-state index in [2.05, 4.69) is 21.1 Å². The average molecular weight is 168 g/mol. The summed E-state index contributed by atoms with van der Waals surface area (Å²) in [4.78, 5) is 0. The molecule has 0 aliphatic carbocycles. The van der Waals surface area contributed by atoms with Crippen LogP contribution in [0.15, 0.2) is 24.3 Å². The highest BCUT2D eigenvalue weighted by molar-refractivity contribution is 5.14. The highest BCUT2D eigenvalue weighted by Gasteiger charge is 2.07. The van der Waals surface area contributed by atoms with E-state index in [1.165, 1.54) is 17.7 Å². The van der Waals surface area contributed by atoms with Gasteiger partial charge in [-0.25, -0.2) is 4.39 Å². The predicted octanol–water partition coefficient (Wildman–Crippen LogP) is 2.03. The Labute approximate surface area is 73.0 Å². The molecule has 0 aromatic heterocycles. The molecule has 0 spiro atoms. The third-order valence-corrected chi connectivity index (χ3v) is 1.57. The quantitative estimate of drug-likeness (QED) is 0.593. The van der Waals surface area contributed by atoms with Crippen molar-refractivity contribution in [1.29, 1.82) is 0 Å². The average Bonchev–Trinajstić information content (AvgIpc) is 1.91. The molecule has 0 heterocycles. The number of nitrogens with zero attached hydrogens (tertiary/aromatic N) is 1. The van der Waals surface area contributed by atoms with Crippen molar-refractivity contribution in [1.82, 2.24) is 0 Å². The van der Waals surface area contributed by atoms with Crippen molar-refractivity contribution in [3.05, 3.63) is 35.6 Å². The van der Waals surface area contributed by atoms with Gasteiger partial charge in [0.05, 0.1) is 21.1 Å². The summed E-state index contributed by atoms with van der Waals surface area (Å²) >= 11 is 0. The lowest BCUT2D eigenvalue weighted by molar-refractivity contribution is -0.884. The number of benzene rings is 1. The maximum absolute atomic E-state index is 12.5. The Hall–Kier alpha value is -0.890. The molecule has 1 aromatic rings. The summed E-state index contributed by atoms with van der Waals surface area (Å²) < 4.78 is 13.4. The molecule has 12 heavy (non-hydrogen) atoms. The molecule has 1 rings (SSSR count). The van der Waals surface area contributed by atoms with E-state index in [0.29, 0.717) is 0 Å². The van der Waals surface area contributed by atoms with E-state index in [-0.39, 0.29) is 5.82 Å². The SMILES string of the molecule is C[N+](C)(C)Cc1ccc(F)cc1. The zero-order valence-electron chi connectivity index (χ0n) is 7.84. The standard InChI is InChI=1S/C10H15FN/c1-12(2,3)8-9-4-6-10(11)7-5-9/h4-7H,8H2,1-3H3/q+1. The van der Waals surface area contributed by atoms with Gasteiger partial charge in [0.1, 0.15) is 12.4 Å². The first-order valence-electron chi connectivity index (χ1n) is 4.02. The Balaban J connectivity index is 2.71. The second kappa shape index (κ2) is 3.23. The molecular formula is C10H15FN+. The fourth-order valence-corrected chi connectivity index (χ4v) is 1.14. The van der Waals surface area contributed by atoms with E-state index in [1.54, 1.807) is 0 Å². The molecule has 0 saturated heterocycles. The second-order valence-electron chi connectivity index (χ2n) is 4.07. The monoisotopic (exact) mass is 168 g/mol. The minimum Gasteiger partial charge on any atom is -0.327 e. The van der Waals surface area contributed by atoms with E-state index >= 15 is 0 Å². The topological polar surface area (TPSA) is 0 Å². The van der Waals surface area contributed by atoms with E-state index in [1.807, 2.05) is 12.1 Å². The summed E-state index contributed by atoms with van der Waals surface area (Å²) in [6.07, 6.45) is 0. The van der Waals surface area contributed by atoms with Gasteiger partial charge in [0.25, 0.3) is 0 Å². The molecule has 2 heteroatoms. The van der Waals surface area contributed by atoms with Gasteiger partial charge in [-0.15, -0.1) is 0 Å². The van der Waals surface area contributed by atoms with Crippen LogP contribution >= 0.6 is 0 Å². The molecule has 1 nitrogen and oxygen atoms in total. The summed E-state index contributed by atoms with van der Waals surface area (Å²) in [7, 11) is 6.34. The molecule has 1 aromatic carbocycles. The molecule has 0 fully saturated rings. The molecule has 0 unspecified atom stereocenters. The highest BCUT2D eigenvalue weighted by atomic mass is 19.1. The van der Waals surface area contributed by atoms with Crippen LogP contribution in [0.25, 0.3) is 0 Å². The van der Waals surface area contributed by atoms with Gasteiger partial charge in [-0.3, -0.25) is 0 Å². The lowest BCUT2D eigenvalue weighted by Gasteiger charge is -2.23. The van der Waals surface area contributed by atoms with E-state index in [4.69, 9.17) is 0 Å². The largest absolute Gasteiger partial charge is 0.327 e. The molecule has 66 valence electrons. The summed E-state index contributed by atoms with van der Waals surface area (Å²) in [5.41, 5.74) is 1.17. The van der Waals surface area contributed by atoms with Crippen LogP contribution in [-0.4, -0.2) is 25.6 Å². The van der Waals surface area contributed by atoms with Crippen LogP contribution in [-0.2, 0) is 6.54 Å². The smallest absolute Gasteiger partial charge is 0.123 e. The lowest BCUT2D eigenvalue weighted by Crippen LogP contribution is -2.33. The molecule has 0 aliphatic heterocycles. The van der Waals surface area contributed by atoms with E-state index in [0.717, 1.165) is 11.0 Å². The molecule has 0 atom stereocenters. The van der Waals surface area contributed by atoms with Crippen molar-refractivity contribution in [2.75, 3.05) is 21.1 Å². The van der Waals surface area contributed by atoms with Crippen molar-refractivity contribution in [2.24, 2.45) is 0 Å². The summed E-state index contributed by atoms with van der Waals surface area (Å²) in [6.45, 7) is 0.931. The molecule has 0 bridgehead atoms. The van der Waals surface area contributed by atoms with Gasteiger partial charge in [-0.05, 0) is 12.1 Å². The van der Waals surface area contributed by atoms with Crippen molar-refractivity contribution < 1.29 is 8.87 Å². The Morgan fingerprint density at radius 3 is 2.00 bits per heavy atom. The van der Waals surface area contributed by atoms with Gasteiger partial charge in [0, 0.05) is 5.56 Å². The zero-order valence-corrected chi connectivity index (χ0v) is 7.84. The van der Waals surface area contributed by atoms with E-state index < -0.39 is 0 Å². The Morgan fingerprint density at radius 2 is 1.58 bits per heavy atom. The maximum atomic E-state index is 12.5. The minimum absolute atomic E-state index is 0.167. The molecular weight excluding hydrogens is 153 g/mol. The zero-order chi connectivity index (χ0) is 9.19. The first kappa shape index (κ1) is 9.20. The van der Waals surface area contributed by atoms with Crippen LogP contribution < -0.4 is 0 Å². The summed E-state index contributed by atoms with van der Waals surface area (Å²) in [5.74, 6) is -0.167. The minimum atomic E-state index is -0.167. The van der Waals surface area contributed by atoms with Crippen LogP contribution in [0, 0.1) is 5.82 Å². The predicted molar refractivity (Wildman–Crippen MR) is 48.1 cm³/mol. The van der Waals surface area contributed by atoms with Crippen LogP contribution in [0.5, 0.6) is 0 Å². The third-order valence-electron chi connectivity index (χ3n) is 1.57. The normalized spacial score (nSPS) is 11.7.